The third-order valence-corrected chi connectivity index (χ3v) is 9.30. The number of fused-ring (bicyclic) bond motifs is 1. The molecular weight excluding hydrogens is 544 g/mol. The van der Waals surface area contributed by atoms with Crippen molar-refractivity contribution in [1.29, 1.82) is 0 Å². The van der Waals surface area contributed by atoms with Gasteiger partial charge in [0.2, 0.25) is 11.8 Å². The molecule has 1 amide bonds. The SMILES string of the molecule is CC(C)Oc1c(-c2cn[nH]c2)ccc2nc(NC3CCN(CCC4CC5(CCN(C(=O)OC(C)(C)C)CC5)C4)CC3)nn12. The van der Waals surface area contributed by atoms with Crippen molar-refractivity contribution in [3.8, 4) is 17.0 Å². The Labute approximate surface area is 254 Å². The van der Waals surface area contributed by atoms with Gasteiger partial charge in [-0.15, -0.1) is 5.10 Å². The Hall–Kier alpha value is -3.34. The number of H-pyrrole nitrogens is 1. The summed E-state index contributed by atoms with van der Waals surface area (Å²) in [6, 6.07) is 4.36. The predicted octanol–water partition coefficient (Wildman–Crippen LogP) is 5.60. The molecule has 234 valence electrons. The molecule has 6 rings (SSSR count). The van der Waals surface area contributed by atoms with Gasteiger partial charge < -0.3 is 24.6 Å². The molecule has 3 aliphatic rings. The standard InChI is InChI=1S/C32H48N8O3/c1-22(2)42-28-26(24-20-33-34-21-24)6-7-27-36-29(37-40(27)28)35-25-9-14-38(15-10-25)13-8-23-18-32(19-23)11-16-39(17-12-32)30(41)43-31(3,4)5/h6-7,20-23,25H,8-19H2,1-5H3,(H,33,34)(H,35,37). The van der Waals surface area contributed by atoms with Crippen LogP contribution in [0.2, 0.25) is 0 Å². The maximum absolute atomic E-state index is 12.4. The summed E-state index contributed by atoms with van der Waals surface area (Å²) >= 11 is 0. The summed E-state index contributed by atoms with van der Waals surface area (Å²) in [4.78, 5) is 21.7. The lowest BCUT2D eigenvalue weighted by Gasteiger charge is -2.52. The smallest absolute Gasteiger partial charge is 0.410 e. The summed E-state index contributed by atoms with van der Waals surface area (Å²) in [7, 11) is 0. The zero-order valence-electron chi connectivity index (χ0n) is 26.4. The van der Waals surface area contributed by atoms with E-state index in [1.54, 1.807) is 10.7 Å². The van der Waals surface area contributed by atoms with Crippen molar-refractivity contribution in [2.45, 2.75) is 97.3 Å². The van der Waals surface area contributed by atoms with Crippen LogP contribution in [0.5, 0.6) is 5.88 Å². The minimum atomic E-state index is -0.429. The monoisotopic (exact) mass is 592 g/mol. The second-order valence-electron chi connectivity index (χ2n) is 14.2. The second kappa shape index (κ2) is 12.0. The molecule has 43 heavy (non-hydrogen) atoms. The van der Waals surface area contributed by atoms with Gasteiger partial charge in [-0.1, -0.05) is 0 Å². The maximum Gasteiger partial charge on any atom is 0.410 e. The highest BCUT2D eigenvalue weighted by Gasteiger charge is 2.46. The number of nitrogens with one attached hydrogen (secondary N) is 2. The fourth-order valence-corrected chi connectivity index (χ4v) is 7.06. The van der Waals surface area contributed by atoms with Crippen molar-refractivity contribution in [2.75, 3.05) is 38.0 Å². The van der Waals surface area contributed by atoms with Gasteiger partial charge in [0.05, 0.1) is 12.3 Å². The molecule has 1 aliphatic carbocycles. The molecule has 3 aromatic heterocycles. The van der Waals surface area contributed by atoms with Gasteiger partial charge in [0.15, 0.2) is 5.65 Å². The highest BCUT2D eigenvalue weighted by molar-refractivity contribution is 5.70. The van der Waals surface area contributed by atoms with Gasteiger partial charge in [-0.3, -0.25) is 5.10 Å². The van der Waals surface area contributed by atoms with Crippen molar-refractivity contribution in [1.82, 2.24) is 34.6 Å². The van der Waals surface area contributed by atoms with Crippen LogP contribution in [0.25, 0.3) is 16.8 Å². The van der Waals surface area contributed by atoms with E-state index in [1.165, 1.54) is 25.8 Å². The molecule has 0 bridgehead atoms. The first-order valence-corrected chi connectivity index (χ1v) is 16.1. The molecule has 2 N–H and O–H groups in total. The molecule has 0 unspecified atom stereocenters. The van der Waals surface area contributed by atoms with Gasteiger partial charge in [-0.05, 0) is 110 Å². The van der Waals surface area contributed by atoms with E-state index in [2.05, 4.69) is 20.4 Å². The summed E-state index contributed by atoms with van der Waals surface area (Å²) in [5.74, 6) is 2.14. The number of likely N-dealkylation sites (tertiary alicyclic amines) is 2. The summed E-state index contributed by atoms with van der Waals surface area (Å²) in [6.07, 6.45) is 11.8. The number of ether oxygens (including phenoxy) is 2. The molecule has 3 aromatic rings. The fraction of sp³-hybridized carbons (Fsp3) is 0.688. The van der Waals surface area contributed by atoms with Gasteiger partial charge in [0.25, 0.3) is 0 Å². The van der Waals surface area contributed by atoms with E-state index in [9.17, 15) is 4.79 Å². The number of anilines is 1. The molecule has 1 spiro atoms. The highest BCUT2D eigenvalue weighted by Crippen LogP contribution is 2.53. The van der Waals surface area contributed by atoms with Crippen LogP contribution in [0.3, 0.4) is 0 Å². The molecule has 11 nitrogen and oxygen atoms in total. The minimum Gasteiger partial charge on any atom is -0.474 e. The average molecular weight is 593 g/mol. The Morgan fingerprint density at radius 3 is 2.53 bits per heavy atom. The average Bonchev–Trinajstić information content (AvgIpc) is 3.61. The second-order valence-corrected chi connectivity index (χ2v) is 14.2. The third kappa shape index (κ3) is 6.92. The van der Waals surface area contributed by atoms with E-state index in [0.717, 1.165) is 74.6 Å². The number of carbonyl (C=O) groups is 1. The van der Waals surface area contributed by atoms with Crippen molar-refractivity contribution in [2.24, 2.45) is 11.3 Å². The van der Waals surface area contributed by atoms with Crippen molar-refractivity contribution >= 4 is 17.7 Å². The van der Waals surface area contributed by atoms with Crippen molar-refractivity contribution in [3.63, 3.8) is 0 Å². The highest BCUT2D eigenvalue weighted by atomic mass is 16.6. The number of rotatable bonds is 8. The lowest BCUT2D eigenvalue weighted by molar-refractivity contribution is -0.0312. The lowest BCUT2D eigenvalue weighted by atomic mass is 9.57. The van der Waals surface area contributed by atoms with Crippen LogP contribution in [0.15, 0.2) is 24.5 Å². The summed E-state index contributed by atoms with van der Waals surface area (Å²) < 4.78 is 13.6. The number of aromatic amines is 1. The summed E-state index contributed by atoms with van der Waals surface area (Å²) in [5, 5.41) is 15.4. The van der Waals surface area contributed by atoms with Crippen LogP contribution in [0.4, 0.5) is 10.7 Å². The quantitative estimate of drug-likeness (QED) is 0.348. The molecular formula is C32H48N8O3. The van der Waals surface area contributed by atoms with Gasteiger partial charge in [0.1, 0.15) is 5.60 Å². The van der Waals surface area contributed by atoms with E-state index in [4.69, 9.17) is 19.6 Å². The van der Waals surface area contributed by atoms with E-state index in [0.29, 0.717) is 23.3 Å². The zero-order valence-corrected chi connectivity index (χ0v) is 26.4. The van der Waals surface area contributed by atoms with Gasteiger partial charge in [0, 0.05) is 49.5 Å². The first-order valence-electron chi connectivity index (χ1n) is 16.1. The van der Waals surface area contributed by atoms with E-state index < -0.39 is 5.60 Å². The third-order valence-electron chi connectivity index (χ3n) is 9.30. The number of carbonyl (C=O) groups excluding carboxylic acids is 1. The van der Waals surface area contributed by atoms with Crippen LogP contribution in [0.1, 0.15) is 79.6 Å². The Balaban J connectivity index is 0.947. The number of hydrogen-bond donors (Lipinski definition) is 2. The molecule has 1 saturated carbocycles. The fourth-order valence-electron chi connectivity index (χ4n) is 7.06. The number of hydrogen-bond acceptors (Lipinski definition) is 8. The Morgan fingerprint density at radius 1 is 1.14 bits per heavy atom. The molecule has 0 radical (unpaired) electrons. The lowest BCUT2D eigenvalue weighted by Crippen LogP contribution is -2.50. The topological polar surface area (TPSA) is 113 Å². The number of aromatic nitrogens is 5. The molecule has 2 aliphatic heterocycles. The summed E-state index contributed by atoms with van der Waals surface area (Å²) in [5.41, 5.74) is 2.68. The Kier molecular flexibility index (Phi) is 8.28. The van der Waals surface area contributed by atoms with Gasteiger partial charge in [-0.25, -0.2) is 4.79 Å². The Bertz CT molecular complexity index is 1370. The van der Waals surface area contributed by atoms with Crippen LogP contribution < -0.4 is 10.1 Å². The Morgan fingerprint density at radius 2 is 1.88 bits per heavy atom. The predicted molar refractivity (Wildman–Crippen MR) is 166 cm³/mol. The molecule has 0 aromatic carbocycles. The van der Waals surface area contributed by atoms with Crippen LogP contribution in [-0.2, 0) is 4.74 Å². The minimum absolute atomic E-state index is 0.00356. The largest absolute Gasteiger partial charge is 0.474 e. The normalized spacial score (nSPS) is 20.1. The molecule has 11 heteroatoms. The number of pyridine rings is 1. The van der Waals surface area contributed by atoms with Gasteiger partial charge in [-0.2, -0.15) is 14.6 Å². The molecule has 5 heterocycles. The number of amides is 1. The molecule has 0 atom stereocenters. The summed E-state index contributed by atoms with van der Waals surface area (Å²) in [6.45, 7) is 14.9. The van der Waals surface area contributed by atoms with Gasteiger partial charge >= 0.3 is 6.09 Å². The van der Waals surface area contributed by atoms with Crippen molar-refractivity contribution in [3.05, 3.63) is 24.5 Å². The number of piperidine rings is 2. The first kappa shape index (κ1) is 29.7. The van der Waals surface area contributed by atoms with Crippen LogP contribution >= 0.6 is 0 Å². The molecule has 3 fully saturated rings. The van der Waals surface area contributed by atoms with E-state index in [1.807, 2.05) is 57.8 Å². The van der Waals surface area contributed by atoms with E-state index in [-0.39, 0.29) is 12.2 Å². The first-order chi connectivity index (χ1) is 20.6. The maximum atomic E-state index is 12.4. The zero-order chi connectivity index (χ0) is 30.2. The van der Waals surface area contributed by atoms with E-state index >= 15 is 0 Å². The van der Waals surface area contributed by atoms with Crippen LogP contribution in [-0.4, -0.2) is 91.2 Å². The van der Waals surface area contributed by atoms with Crippen LogP contribution in [0, 0.1) is 11.3 Å². The number of nitrogens with zero attached hydrogens (tertiary/aromatic N) is 6. The molecule has 2 saturated heterocycles. The van der Waals surface area contributed by atoms with Crippen molar-refractivity contribution < 1.29 is 14.3 Å².